The van der Waals surface area contributed by atoms with Crippen molar-refractivity contribution in [3.8, 4) is 11.5 Å². The van der Waals surface area contributed by atoms with E-state index in [0.717, 1.165) is 10.4 Å². The van der Waals surface area contributed by atoms with Crippen molar-refractivity contribution in [1.29, 1.82) is 0 Å². The molecule has 2 aliphatic heterocycles. The zero-order valence-corrected chi connectivity index (χ0v) is 20.9. The quantitative estimate of drug-likeness (QED) is 0.587. The number of nitrogens with zero attached hydrogens (tertiary/aromatic N) is 2. The molecule has 1 aromatic carbocycles. The molecular weight excluding hydrogens is 482 g/mol. The fourth-order valence-corrected chi connectivity index (χ4v) is 6.40. The molecule has 0 saturated carbocycles. The predicted molar refractivity (Wildman–Crippen MR) is 126 cm³/mol. The highest BCUT2D eigenvalue weighted by molar-refractivity contribution is 7.89. The molecule has 1 N–H and O–H groups in total. The molecule has 34 heavy (non-hydrogen) atoms. The van der Waals surface area contributed by atoms with Crippen molar-refractivity contribution in [3.63, 3.8) is 0 Å². The summed E-state index contributed by atoms with van der Waals surface area (Å²) in [4.78, 5) is 27.7. The van der Waals surface area contributed by atoms with Crippen molar-refractivity contribution in [3.05, 3.63) is 34.2 Å². The molecule has 0 radical (unpaired) electrons. The van der Waals surface area contributed by atoms with Crippen molar-refractivity contribution in [2.24, 2.45) is 0 Å². The Morgan fingerprint density at radius 1 is 1.09 bits per heavy atom. The summed E-state index contributed by atoms with van der Waals surface area (Å²) >= 11 is 1.33. The monoisotopic (exact) mass is 509 g/mol. The Kier molecular flexibility index (Phi) is 7.12. The molecule has 1 aromatic heterocycles. The summed E-state index contributed by atoms with van der Waals surface area (Å²) in [7, 11) is -2.39. The standard InChI is InChI=1S/C22H27N3O7S2/c1-14-15(2)33-21(20(14)22(27)30-3)23-19(26)13-24-6-8-25(9-7-24)34(28,29)16-4-5-17-18(12-16)32-11-10-31-17/h4-5,12H,6-11,13H2,1-3H3,(H,23,26). The second-order valence-electron chi connectivity index (χ2n) is 8.01. The van der Waals surface area contributed by atoms with Crippen LogP contribution in [0.15, 0.2) is 23.1 Å². The maximum Gasteiger partial charge on any atom is 0.341 e. The van der Waals surface area contributed by atoms with E-state index in [0.29, 0.717) is 48.4 Å². The number of piperazine rings is 1. The number of fused-ring (bicyclic) bond motifs is 1. The summed E-state index contributed by atoms with van der Waals surface area (Å²) in [6, 6.07) is 4.62. The number of ether oxygens (including phenoxy) is 3. The van der Waals surface area contributed by atoms with Gasteiger partial charge in [0.05, 0.1) is 24.1 Å². The number of anilines is 1. The SMILES string of the molecule is COC(=O)c1c(NC(=O)CN2CCN(S(=O)(=O)c3ccc4c(c3)OCCO4)CC2)sc(C)c1C. The van der Waals surface area contributed by atoms with Gasteiger partial charge in [-0.1, -0.05) is 0 Å². The second-order valence-corrected chi connectivity index (χ2v) is 11.2. The van der Waals surface area contributed by atoms with Crippen LogP contribution in [0.1, 0.15) is 20.8 Å². The zero-order valence-electron chi connectivity index (χ0n) is 19.3. The summed E-state index contributed by atoms with van der Waals surface area (Å²) in [6.07, 6.45) is 0. The van der Waals surface area contributed by atoms with Gasteiger partial charge in [0.2, 0.25) is 15.9 Å². The fourth-order valence-electron chi connectivity index (χ4n) is 3.89. The number of hydrogen-bond donors (Lipinski definition) is 1. The van der Waals surface area contributed by atoms with Crippen LogP contribution in [0.5, 0.6) is 11.5 Å². The van der Waals surface area contributed by atoms with Gasteiger partial charge in [0.25, 0.3) is 0 Å². The Hall–Kier alpha value is -2.67. The first kappa shape index (κ1) is 24.5. The number of nitrogens with one attached hydrogen (secondary N) is 1. The van der Waals surface area contributed by atoms with Crippen molar-refractivity contribution >= 4 is 38.2 Å². The highest BCUT2D eigenvalue weighted by Crippen LogP contribution is 2.34. The summed E-state index contributed by atoms with van der Waals surface area (Å²) < 4.78 is 43.4. The number of carbonyl (C=O) groups is 2. The van der Waals surface area contributed by atoms with Gasteiger partial charge in [-0.2, -0.15) is 4.31 Å². The van der Waals surface area contributed by atoms with Gasteiger partial charge < -0.3 is 19.5 Å². The topological polar surface area (TPSA) is 114 Å². The minimum Gasteiger partial charge on any atom is -0.486 e. The Morgan fingerprint density at radius 3 is 2.44 bits per heavy atom. The lowest BCUT2D eigenvalue weighted by Crippen LogP contribution is -2.50. The minimum absolute atomic E-state index is 0.0918. The van der Waals surface area contributed by atoms with Crippen LogP contribution < -0.4 is 14.8 Å². The lowest BCUT2D eigenvalue weighted by molar-refractivity contribution is -0.117. The average molecular weight is 510 g/mol. The molecule has 1 amide bonds. The van der Waals surface area contributed by atoms with Gasteiger partial charge in [0, 0.05) is 37.1 Å². The van der Waals surface area contributed by atoms with E-state index in [-0.39, 0.29) is 30.4 Å². The highest BCUT2D eigenvalue weighted by Gasteiger charge is 2.30. The van der Waals surface area contributed by atoms with Gasteiger partial charge in [-0.15, -0.1) is 11.3 Å². The molecule has 0 atom stereocenters. The van der Waals surface area contributed by atoms with E-state index in [1.807, 2.05) is 18.7 Å². The molecule has 1 fully saturated rings. The van der Waals surface area contributed by atoms with Crippen molar-refractivity contribution in [2.75, 3.05) is 58.4 Å². The van der Waals surface area contributed by atoms with E-state index in [4.69, 9.17) is 14.2 Å². The van der Waals surface area contributed by atoms with Crippen molar-refractivity contribution in [2.45, 2.75) is 18.7 Å². The predicted octanol–water partition coefficient (Wildman–Crippen LogP) is 1.87. The number of carbonyl (C=O) groups excluding carboxylic acids is 2. The highest BCUT2D eigenvalue weighted by atomic mass is 32.2. The van der Waals surface area contributed by atoms with E-state index < -0.39 is 16.0 Å². The van der Waals surface area contributed by atoms with Gasteiger partial charge in [-0.25, -0.2) is 13.2 Å². The number of thiophene rings is 1. The summed E-state index contributed by atoms with van der Waals surface area (Å²) in [5.41, 5.74) is 1.15. The van der Waals surface area contributed by atoms with E-state index in [2.05, 4.69) is 5.32 Å². The van der Waals surface area contributed by atoms with E-state index >= 15 is 0 Å². The molecule has 2 aliphatic rings. The first-order valence-electron chi connectivity index (χ1n) is 10.8. The Balaban J connectivity index is 1.36. The molecule has 184 valence electrons. The number of rotatable bonds is 6. The molecule has 1 saturated heterocycles. The van der Waals surface area contributed by atoms with Crippen LogP contribution in [-0.2, 0) is 19.6 Å². The lowest BCUT2D eigenvalue weighted by atomic mass is 10.1. The van der Waals surface area contributed by atoms with Crippen molar-refractivity contribution in [1.82, 2.24) is 9.21 Å². The first-order chi connectivity index (χ1) is 16.2. The van der Waals surface area contributed by atoms with Gasteiger partial charge in [-0.05, 0) is 31.5 Å². The Bertz CT molecular complexity index is 1200. The molecule has 2 aromatic rings. The van der Waals surface area contributed by atoms with Gasteiger partial charge in [0.1, 0.15) is 18.2 Å². The van der Waals surface area contributed by atoms with Gasteiger partial charge in [-0.3, -0.25) is 9.69 Å². The summed E-state index contributed by atoms with van der Waals surface area (Å²) in [5.74, 6) is 0.199. The number of benzene rings is 1. The van der Waals surface area contributed by atoms with Crippen LogP contribution in [0.4, 0.5) is 5.00 Å². The van der Waals surface area contributed by atoms with E-state index in [9.17, 15) is 18.0 Å². The van der Waals surface area contributed by atoms with Crippen LogP contribution in [-0.4, -0.2) is 82.5 Å². The molecule has 3 heterocycles. The second kappa shape index (κ2) is 9.90. The summed E-state index contributed by atoms with van der Waals surface area (Å²) in [6.45, 7) is 5.93. The molecular formula is C22H27N3O7S2. The largest absolute Gasteiger partial charge is 0.486 e. The molecule has 0 unspecified atom stereocenters. The number of amides is 1. The number of esters is 1. The lowest BCUT2D eigenvalue weighted by Gasteiger charge is -2.33. The summed E-state index contributed by atoms with van der Waals surface area (Å²) in [5, 5.41) is 3.27. The van der Waals surface area contributed by atoms with Crippen LogP contribution in [0.2, 0.25) is 0 Å². The number of aryl methyl sites for hydroxylation is 1. The molecule has 4 rings (SSSR count). The average Bonchev–Trinajstić information content (AvgIpc) is 3.11. The van der Waals surface area contributed by atoms with Crippen LogP contribution in [0, 0.1) is 13.8 Å². The van der Waals surface area contributed by atoms with Gasteiger partial charge >= 0.3 is 5.97 Å². The Morgan fingerprint density at radius 2 is 1.76 bits per heavy atom. The zero-order chi connectivity index (χ0) is 24.5. The maximum absolute atomic E-state index is 13.1. The molecule has 10 nitrogen and oxygen atoms in total. The first-order valence-corrected chi connectivity index (χ1v) is 13.1. The van der Waals surface area contributed by atoms with Gasteiger partial charge in [0.15, 0.2) is 11.5 Å². The van der Waals surface area contributed by atoms with Crippen LogP contribution in [0.25, 0.3) is 0 Å². The number of sulfonamides is 1. The van der Waals surface area contributed by atoms with E-state index in [1.165, 1.54) is 34.9 Å². The normalized spacial score (nSPS) is 16.8. The van der Waals surface area contributed by atoms with E-state index in [1.54, 1.807) is 6.07 Å². The third kappa shape index (κ3) is 4.90. The van der Waals surface area contributed by atoms with Crippen LogP contribution in [0.3, 0.4) is 0 Å². The molecule has 0 spiro atoms. The maximum atomic E-state index is 13.1. The van der Waals surface area contributed by atoms with Crippen LogP contribution >= 0.6 is 11.3 Å². The minimum atomic E-state index is -3.70. The van der Waals surface area contributed by atoms with Crippen molar-refractivity contribution < 1.29 is 32.2 Å². The molecule has 12 heteroatoms. The third-order valence-electron chi connectivity index (χ3n) is 5.88. The number of hydrogen-bond acceptors (Lipinski definition) is 9. The third-order valence-corrected chi connectivity index (χ3v) is 8.89. The Labute approximate surface area is 202 Å². The molecule has 0 bridgehead atoms. The number of methoxy groups -OCH3 is 1. The molecule has 0 aliphatic carbocycles. The smallest absolute Gasteiger partial charge is 0.341 e. The fraction of sp³-hybridized carbons (Fsp3) is 0.455.